The molecule has 2 nitrogen and oxygen atoms in total. The van der Waals surface area contributed by atoms with Gasteiger partial charge in [0.05, 0.1) is 18.2 Å². The van der Waals surface area contributed by atoms with Gasteiger partial charge in [-0.25, -0.2) is 0 Å². The first-order valence-electron chi connectivity index (χ1n) is 6.05. The molecular weight excluding hydrogens is 263 g/mol. The first-order chi connectivity index (χ1) is 8.53. The lowest BCUT2D eigenvalue weighted by Gasteiger charge is -2.50. The predicted molar refractivity (Wildman–Crippen MR) is 62.6 cm³/mol. The summed E-state index contributed by atoms with van der Waals surface area (Å²) in [7, 11) is 0. The van der Waals surface area contributed by atoms with Gasteiger partial charge in [-0.1, -0.05) is 0 Å². The first kappa shape index (κ1) is 12.4. The minimum atomic E-state index is -4.27. The highest BCUT2D eigenvalue weighted by atomic mass is 32.1. The van der Waals surface area contributed by atoms with Gasteiger partial charge in [-0.2, -0.15) is 13.2 Å². The number of halogens is 3. The van der Waals surface area contributed by atoms with Crippen LogP contribution in [0.1, 0.15) is 35.7 Å². The molecule has 0 radical (unpaired) electrons. The number of morpholine rings is 1. The number of thiophene rings is 1. The van der Waals surface area contributed by atoms with Crippen molar-refractivity contribution in [3.05, 3.63) is 21.9 Å². The van der Waals surface area contributed by atoms with Crippen LogP contribution in [0.25, 0.3) is 0 Å². The van der Waals surface area contributed by atoms with Crippen molar-refractivity contribution in [3.63, 3.8) is 0 Å². The molecule has 1 atom stereocenters. The quantitative estimate of drug-likeness (QED) is 0.850. The smallest absolute Gasteiger partial charge is 0.372 e. The summed E-state index contributed by atoms with van der Waals surface area (Å²) in [5.41, 5.74) is -0.0498. The third kappa shape index (κ3) is 1.87. The van der Waals surface area contributed by atoms with E-state index in [0.29, 0.717) is 18.7 Å². The van der Waals surface area contributed by atoms with Crippen LogP contribution >= 0.6 is 11.3 Å². The van der Waals surface area contributed by atoms with E-state index in [-0.39, 0.29) is 6.04 Å². The molecule has 2 heterocycles. The summed E-state index contributed by atoms with van der Waals surface area (Å²) >= 11 is 0.765. The average Bonchev–Trinajstić information content (AvgIpc) is 2.75. The molecule has 0 bridgehead atoms. The first-order valence-corrected chi connectivity index (χ1v) is 6.93. The molecule has 1 N–H and O–H groups in total. The van der Waals surface area contributed by atoms with E-state index < -0.39 is 16.7 Å². The van der Waals surface area contributed by atoms with Crippen molar-refractivity contribution in [1.82, 2.24) is 5.32 Å². The highest BCUT2D eigenvalue weighted by Crippen LogP contribution is 2.50. The molecular formula is C12H14F3NOS. The zero-order valence-electron chi connectivity index (χ0n) is 9.72. The molecule has 1 aromatic heterocycles. The van der Waals surface area contributed by atoms with Gasteiger partial charge in [0, 0.05) is 6.54 Å². The van der Waals surface area contributed by atoms with Crippen molar-refractivity contribution in [2.24, 2.45) is 0 Å². The Morgan fingerprint density at radius 1 is 1.39 bits per heavy atom. The third-order valence-corrected chi connectivity index (χ3v) is 4.81. The van der Waals surface area contributed by atoms with Crippen molar-refractivity contribution < 1.29 is 17.9 Å². The molecule has 6 heteroatoms. The van der Waals surface area contributed by atoms with Crippen LogP contribution in [0.3, 0.4) is 0 Å². The Morgan fingerprint density at radius 3 is 2.78 bits per heavy atom. The van der Waals surface area contributed by atoms with Crippen molar-refractivity contribution in [2.75, 3.05) is 13.2 Å². The van der Waals surface area contributed by atoms with Crippen LogP contribution in [0.2, 0.25) is 0 Å². The SMILES string of the molecule is FC(F)(F)c1sccc1C1NCCOC12CCC2. The third-order valence-electron chi connectivity index (χ3n) is 3.83. The van der Waals surface area contributed by atoms with Gasteiger partial charge in [0.15, 0.2) is 0 Å². The van der Waals surface area contributed by atoms with E-state index in [4.69, 9.17) is 4.74 Å². The summed E-state index contributed by atoms with van der Waals surface area (Å²) in [5.74, 6) is 0. The zero-order chi connectivity index (χ0) is 12.8. The number of ether oxygens (including phenoxy) is 1. The monoisotopic (exact) mass is 277 g/mol. The Morgan fingerprint density at radius 2 is 2.17 bits per heavy atom. The van der Waals surface area contributed by atoms with Crippen molar-refractivity contribution in [1.29, 1.82) is 0 Å². The van der Waals surface area contributed by atoms with Gasteiger partial charge in [0.2, 0.25) is 0 Å². The van der Waals surface area contributed by atoms with Gasteiger partial charge in [0.25, 0.3) is 0 Å². The fourth-order valence-electron chi connectivity index (χ4n) is 2.86. The summed E-state index contributed by atoms with van der Waals surface area (Å²) in [6, 6.07) is 1.27. The second-order valence-electron chi connectivity index (χ2n) is 4.86. The summed E-state index contributed by atoms with van der Waals surface area (Å²) in [4.78, 5) is -0.489. The molecule has 1 spiro atoms. The second kappa shape index (κ2) is 4.21. The van der Waals surface area contributed by atoms with Gasteiger partial charge >= 0.3 is 6.18 Å². The van der Waals surface area contributed by atoms with Crippen molar-refractivity contribution in [2.45, 2.75) is 37.1 Å². The number of hydrogen-bond donors (Lipinski definition) is 1. The van der Waals surface area contributed by atoms with Gasteiger partial charge in [-0.3, -0.25) is 0 Å². The normalized spacial score (nSPS) is 27.2. The molecule has 1 saturated heterocycles. The maximum absolute atomic E-state index is 13.0. The maximum Gasteiger partial charge on any atom is 0.425 e. The van der Waals surface area contributed by atoms with Gasteiger partial charge in [-0.15, -0.1) is 11.3 Å². The summed E-state index contributed by atoms with van der Waals surface area (Å²) in [5, 5.41) is 4.72. The van der Waals surface area contributed by atoms with E-state index in [0.717, 1.165) is 30.6 Å². The van der Waals surface area contributed by atoms with Crippen LogP contribution in [0, 0.1) is 0 Å². The van der Waals surface area contributed by atoms with Crippen LogP contribution in [0.5, 0.6) is 0 Å². The van der Waals surface area contributed by atoms with E-state index in [2.05, 4.69) is 5.32 Å². The van der Waals surface area contributed by atoms with Gasteiger partial charge < -0.3 is 10.1 Å². The van der Waals surface area contributed by atoms with E-state index in [1.54, 1.807) is 6.07 Å². The van der Waals surface area contributed by atoms with Crippen LogP contribution < -0.4 is 5.32 Å². The Balaban J connectivity index is 1.96. The predicted octanol–water partition coefficient (Wildman–Crippen LogP) is 3.35. The van der Waals surface area contributed by atoms with Gasteiger partial charge in [-0.05, 0) is 36.3 Å². The van der Waals surface area contributed by atoms with E-state index >= 15 is 0 Å². The summed E-state index contributed by atoms with van der Waals surface area (Å²) < 4.78 is 44.6. The number of rotatable bonds is 1. The Hall–Kier alpha value is -0.590. The molecule has 1 aliphatic heterocycles. The van der Waals surface area contributed by atoms with E-state index in [1.807, 2.05) is 0 Å². The summed E-state index contributed by atoms with van der Waals surface area (Å²) in [6.45, 7) is 1.20. The van der Waals surface area contributed by atoms with Crippen molar-refractivity contribution >= 4 is 11.3 Å². The molecule has 18 heavy (non-hydrogen) atoms. The van der Waals surface area contributed by atoms with E-state index in [9.17, 15) is 13.2 Å². The molecule has 0 aromatic carbocycles. The molecule has 1 saturated carbocycles. The lowest BCUT2D eigenvalue weighted by atomic mass is 9.71. The topological polar surface area (TPSA) is 21.3 Å². The molecule has 0 amide bonds. The standard InChI is InChI=1S/C12H14F3NOS/c13-12(14,15)10-8(2-7-18-10)9-11(3-1-4-11)17-6-5-16-9/h2,7,9,16H,1,3-6H2. The number of alkyl halides is 3. The molecule has 1 unspecified atom stereocenters. The van der Waals surface area contributed by atoms with Gasteiger partial charge in [0.1, 0.15) is 4.88 Å². The highest BCUT2D eigenvalue weighted by Gasteiger charge is 2.50. The minimum Gasteiger partial charge on any atom is -0.372 e. The maximum atomic E-state index is 13.0. The largest absolute Gasteiger partial charge is 0.425 e. The van der Waals surface area contributed by atoms with Crippen LogP contribution in [-0.4, -0.2) is 18.8 Å². The highest BCUT2D eigenvalue weighted by molar-refractivity contribution is 7.10. The molecule has 3 rings (SSSR count). The van der Waals surface area contributed by atoms with E-state index in [1.165, 1.54) is 5.38 Å². The summed E-state index contributed by atoms with van der Waals surface area (Å²) in [6.07, 6.45) is -1.55. The lowest BCUT2D eigenvalue weighted by Crippen LogP contribution is -2.56. The fraction of sp³-hybridized carbons (Fsp3) is 0.667. The molecule has 1 aliphatic carbocycles. The van der Waals surface area contributed by atoms with Crippen molar-refractivity contribution in [3.8, 4) is 0 Å². The molecule has 2 fully saturated rings. The molecule has 2 aliphatic rings. The zero-order valence-corrected chi connectivity index (χ0v) is 10.5. The average molecular weight is 277 g/mol. The Kier molecular flexibility index (Phi) is 2.91. The number of hydrogen-bond acceptors (Lipinski definition) is 3. The van der Waals surface area contributed by atoms with Crippen LogP contribution in [0.4, 0.5) is 13.2 Å². The van der Waals surface area contributed by atoms with Crippen LogP contribution in [-0.2, 0) is 10.9 Å². The Labute approximate surface area is 107 Å². The molecule has 1 aromatic rings. The fourth-order valence-corrected chi connectivity index (χ4v) is 3.66. The second-order valence-corrected chi connectivity index (χ2v) is 5.77. The van der Waals surface area contributed by atoms with Crippen LogP contribution in [0.15, 0.2) is 11.4 Å². The minimum absolute atomic E-state index is 0.317. The lowest BCUT2D eigenvalue weighted by molar-refractivity contribution is -0.152. The number of nitrogens with one attached hydrogen (secondary N) is 1. The Bertz CT molecular complexity index is 439. The molecule has 100 valence electrons.